The van der Waals surface area contributed by atoms with Gasteiger partial charge in [-0.25, -0.2) is 4.98 Å². The number of carboxylic acid groups (broad SMARTS) is 1. The minimum Gasteiger partial charge on any atom is -0.481 e. The zero-order valence-electron chi connectivity index (χ0n) is 13.0. The predicted octanol–water partition coefficient (Wildman–Crippen LogP) is 3.61. The number of aliphatic carboxylic acids is 1. The molecule has 0 aromatic carbocycles. The summed E-state index contributed by atoms with van der Waals surface area (Å²) in [5.41, 5.74) is -0.339. The molecule has 1 N–H and O–H groups in total. The zero-order valence-corrected chi connectivity index (χ0v) is 14.6. The molecule has 0 amide bonds. The molecule has 3 heterocycles. The van der Waals surface area contributed by atoms with E-state index >= 15 is 0 Å². The summed E-state index contributed by atoms with van der Waals surface area (Å²) in [7, 11) is 0. The number of thiophene rings is 2. The van der Waals surface area contributed by atoms with Gasteiger partial charge in [0.2, 0.25) is 0 Å². The lowest BCUT2D eigenvalue weighted by atomic mass is 9.93. The number of rotatable bonds is 4. The molecule has 3 aromatic rings. The lowest BCUT2D eigenvalue weighted by Gasteiger charge is -2.21. The van der Waals surface area contributed by atoms with Crippen LogP contribution in [-0.2, 0) is 11.3 Å². The van der Waals surface area contributed by atoms with Crippen LogP contribution in [0.15, 0.2) is 27.7 Å². The van der Waals surface area contributed by atoms with E-state index in [1.165, 1.54) is 15.9 Å². The van der Waals surface area contributed by atoms with Gasteiger partial charge in [-0.2, -0.15) is 0 Å². The predicted molar refractivity (Wildman–Crippen MR) is 93.3 cm³/mol. The highest BCUT2D eigenvalue weighted by atomic mass is 32.1. The fourth-order valence-electron chi connectivity index (χ4n) is 2.39. The van der Waals surface area contributed by atoms with Crippen molar-refractivity contribution in [1.82, 2.24) is 9.55 Å². The van der Waals surface area contributed by atoms with Crippen LogP contribution in [0, 0.1) is 12.3 Å². The molecule has 5 nitrogen and oxygen atoms in total. The quantitative estimate of drug-likeness (QED) is 0.782. The molecule has 0 aliphatic rings. The maximum atomic E-state index is 13.0. The van der Waals surface area contributed by atoms with E-state index in [9.17, 15) is 14.7 Å². The summed E-state index contributed by atoms with van der Waals surface area (Å²) in [5.74, 6) is -0.399. The highest BCUT2D eigenvalue weighted by Crippen LogP contribution is 2.34. The lowest BCUT2D eigenvalue weighted by molar-refractivity contribution is -0.147. The van der Waals surface area contributed by atoms with Crippen LogP contribution in [0.1, 0.15) is 19.7 Å². The first-order chi connectivity index (χ1) is 10.8. The van der Waals surface area contributed by atoms with Gasteiger partial charge >= 0.3 is 5.97 Å². The van der Waals surface area contributed by atoms with Crippen molar-refractivity contribution in [3.63, 3.8) is 0 Å². The molecule has 0 unspecified atom stereocenters. The van der Waals surface area contributed by atoms with Crippen LogP contribution in [-0.4, -0.2) is 20.6 Å². The topological polar surface area (TPSA) is 72.2 Å². The Labute approximate surface area is 140 Å². The van der Waals surface area contributed by atoms with Crippen LogP contribution < -0.4 is 5.56 Å². The lowest BCUT2D eigenvalue weighted by Crippen LogP contribution is -2.35. The number of hydrogen-bond donors (Lipinski definition) is 1. The van der Waals surface area contributed by atoms with Gasteiger partial charge in [-0.1, -0.05) is 6.07 Å². The van der Waals surface area contributed by atoms with Crippen molar-refractivity contribution in [3.8, 4) is 10.4 Å². The number of aryl methyl sites for hydroxylation is 1. The molecule has 120 valence electrons. The molecule has 0 saturated heterocycles. The largest absolute Gasteiger partial charge is 0.481 e. The van der Waals surface area contributed by atoms with Crippen LogP contribution in [0.2, 0.25) is 0 Å². The number of aromatic nitrogens is 2. The number of fused-ring (bicyclic) bond motifs is 1. The van der Waals surface area contributed by atoms with Gasteiger partial charge in [0, 0.05) is 22.4 Å². The summed E-state index contributed by atoms with van der Waals surface area (Å²) in [5, 5.41) is 13.8. The second-order valence-electron chi connectivity index (χ2n) is 6.05. The first-order valence-electron chi connectivity index (χ1n) is 7.07. The molecule has 0 atom stereocenters. The minimum atomic E-state index is -1.04. The summed E-state index contributed by atoms with van der Waals surface area (Å²) < 4.78 is 1.47. The normalized spacial score (nSPS) is 12.0. The Hall–Kier alpha value is -1.99. The van der Waals surface area contributed by atoms with E-state index in [0.717, 1.165) is 10.4 Å². The third-order valence-electron chi connectivity index (χ3n) is 3.80. The van der Waals surface area contributed by atoms with Crippen molar-refractivity contribution in [2.45, 2.75) is 27.3 Å². The third-order valence-corrected chi connectivity index (χ3v) is 5.58. The Balaban J connectivity index is 2.22. The zero-order chi connectivity index (χ0) is 16.8. The number of carbonyl (C=O) groups is 1. The van der Waals surface area contributed by atoms with Gasteiger partial charge in [-0.05, 0) is 32.2 Å². The van der Waals surface area contributed by atoms with Crippen LogP contribution in [0.25, 0.3) is 20.7 Å². The highest BCUT2D eigenvalue weighted by molar-refractivity contribution is 7.18. The van der Waals surface area contributed by atoms with Gasteiger partial charge in [-0.15, -0.1) is 22.7 Å². The van der Waals surface area contributed by atoms with Gasteiger partial charge in [0.25, 0.3) is 5.56 Å². The molecule has 0 aliphatic heterocycles. The number of carboxylic acids is 1. The Morgan fingerprint density at radius 2 is 2.13 bits per heavy atom. The first-order valence-corrected chi connectivity index (χ1v) is 8.83. The molecule has 7 heteroatoms. The Bertz CT molecular complexity index is 936. The second-order valence-corrected chi connectivity index (χ2v) is 7.85. The number of hydrogen-bond acceptors (Lipinski definition) is 5. The fourth-order valence-corrected chi connectivity index (χ4v) is 4.19. The molecule has 0 fully saturated rings. The van der Waals surface area contributed by atoms with Crippen molar-refractivity contribution in [2.24, 2.45) is 5.41 Å². The molecular weight excluding hydrogens is 332 g/mol. The van der Waals surface area contributed by atoms with E-state index in [-0.39, 0.29) is 12.1 Å². The average Bonchev–Trinajstić information content (AvgIpc) is 3.11. The highest BCUT2D eigenvalue weighted by Gasteiger charge is 2.29. The summed E-state index contributed by atoms with van der Waals surface area (Å²) in [6.45, 7) is 5.05. The maximum Gasteiger partial charge on any atom is 0.310 e. The molecule has 0 saturated carbocycles. The van der Waals surface area contributed by atoms with Crippen molar-refractivity contribution in [1.29, 1.82) is 0 Å². The van der Waals surface area contributed by atoms with Crippen molar-refractivity contribution < 1.29 is 9.90 Å². The van der Waals surface area contributed by atoms with E-state index in [0.29, 0.717) is 16.0 Å². The smallest absolute Gasteiger partial charge is 0.310 e. The van der Waals surface area contributed by atoms with Gasteiger partial charge in [0.05, 0.1) is 10.8 Å². The third kappa shape index (κ3) is 2.70. The van der Waals surface area contributed by atoms with Gasteiger partial charge in [-0.3, -0.25) is 14.2 Å². The molecule has 0 bridgehead atoms. The monoisotopic (exact) mass is 348 g/mol. The molecule has 0 radical (unpaired) electrons. The molecule has 3 aromatic heterocycles. The van der Waals surface area contributed by atoms with Crippen molar-refractivity contribution >= 4 is 38.9 Å². The Morgan fingerprint density at radius 1 is 1.39 bits per heavy atom. The van der Waals surface area contributed by atoms with E-state index in [2.05, 4.69) is 4.98 Å². The van der Waals surface area contributed by atoms with Crippen LogP contribution in [0.3, 0.4) is 0 Å². The van der Waals surface area contributed by atoms with Crippen molar-refractivity contribution in [2.75, 3.05) is 0 Å². The Kier molecular flexibility index (Phi) is 3.85. The van der Waals surface area contributed by atoms with Gasteiger partial charge < -0.3 is 5.11 Å². The van der Waals surface area contributed by atoms with E-state index in [1.54, 1.807) is 32.1 Å². The molecule has 23 heavy (non-hydrogen) atoms. The van der Waals surface area contributed by atoms with Crippen LogP contribution in [0.5, 0.6) is 0 Å². The molecule has 3 rings (SSSR count). The SMILES string of the molecule is Cc1nc2scc(-c3cccs3)c2c(=O)n1CC(C)(C)C(=O)O. The summed E-state index contributed by atoms with van der Waals surface area (Å²) in [6.07, 6.45) is 0. The summed E-state index contributed by atoms with van der Waals surface area (Å²) in [4.78, 5) is 30.6. The summed E-state index contributed by atoms with van der Waals surface area (Å²) >= 11 is 3.01. The molecule has 0 aliphatic carbocycles. The number of nitrogens with zero attached hydrogens (tertiary/aromatic N) is 2. The van der Waals surface area contributed by atoms with Gasteiger partial charge in [0.15, 0.2) is 0 Å². The van der Waals surface area contributed by atoms with E-state index in [1.807, 2.05) is 22.9 Å². The standard InChI is InChI=1S/C16H16N2O3S2/c1-9-17-13-12(10(7-23-13)11-5-4-6-22-11)14(19)18(9)8-16(2,3)15(20)21/h4-7H,8H2,1-3H3,(H,20,21). The molecule has 0 spiro atoms. The average molecular weight is 348 g/mol. The van der Waals surface area contributed by atoms with E-state index < -0.39 is 11.4 Å². The van der Waals surface area contributed by atoms with Crippen molar-refractivity contribution in [3.05, 3.63) is 39.1 Å². The van der Waals surface area contributed by atoms with E-state index in [4.69, 9.17) is 0 Å². The second kappa shape index (κ2) is 5.58. The fraction of sp³-hybridized carbons (Fsp3) is 0.312. The van der Waals surface area contributed by atoms with Crippen LogP contribution in [0.4, 0.5) is 0 Å². The minimum absolute atomic E-state index is 0.0929. The van der Waals surface area contributed by atoms with Gasteiger partial charge in [0.1, 0.15) is 10.7 Å². The first kappa shape index (κ1) is 15.9. The molecular formula is C16H16N2O3S2. The van der Waals surface area contributed by atoms with Crippen LogP contribution >= 0.6 is 22.7 Å². The summed E-state index contributed by atoms with van der Waals surface area (Å²) in [6, 6.07) is 3.91. The Morgan fingerprint density at radius 3 is 2.74 bits per heavy atom. The maximum absolute atomic E-state index is 13.0.